The molecule has 1 saturated carbocycles. The smallest absolute Gasteiger partial charge is 0.0547 e. The number of hydrogen-bond acceptors (Lipinski definition) is 1. The normalized spacial score (nSPS) is 37.8. The van der Waals surface area contributed by atoms with Crippen molar-refractivity contribution in [2.45, 2.75) is 53.1 Å². The average Bonchev–Trinajstić information content (AvgIpc) is 1.82. The Morgan fingerprint density at radius 3 is 2.33 bits per heavy atom. The van der Waals surface area contributed by atoms with Crippen LogP contribution in [0, 0.1) is 17.3 Å². The first kappa shape index (κ1) is 10.0. The predicted octanol–water partition coefficient (Wildman–Crippen LogP) is 2.83. The van der Waals surface area contributed by atoms with Crippen molar-refractivity contribution >= 4 is 0 Å². The number of rotatable bonds is 1. The van der Waals surface area contributed by atoms with Crippen LogP contribution < -0.4 is 0 Å². The van der Waals surface area contributed by atoms with Gasteiger partial charge in [0.15, 0.2) is 0 Å². The van der Waals surface area contributed by atoms with Gasteiger partial charge in [0, 0.05) is 0 Å². The van der Waals surface area contributed by atoms with Gasteiger partial charge in [-0.05, 0) is 30.6 Å². The van der Waals surface area contributed by atoms with E-state index in [9.17, 15) is 5.11 Å². The molecule has 0 aromatic carbocycles. The Morgan fingerprint density at radius 1 is 1.42 bits per heavy atom. The fourth-order valence-corrected chi connectivity index (χ4v) is 3.12. The van der Waals surface area contributed by atoms with Crippen LogP contribution >= 0.6 is 0 Å². The van der Waals surface area contributed by atoms with Gasteiger partial charge in [-0.1, -0.05) is 33.6 Å². The summed E-state index contributed by atoms with van der Waals surface area (Å²) in [5.74, 6) is 1.18. The second kappa shape index (κ2) is 3.37. The summed E-state index contributed by atoms with van der Waals surface area (Å²) in [5, 5.41) is 9.68. The minimum Gasteiger partial charge on any atom is -0.393 e. The van der Waals surface area contributed by atoms with Gasteiger partial charge in [0.05, 0.1) is 6.10 Å². The molecule has 0 aliphatic heterocycles. The van der Waals surface area contributed by atoms with E-state index < -0.39 is 0 Å². The molecule has 1 fully saturated rings. The van der Waals surface area contributed by atoms with Gasteiger partial charge < -0.3 is 5.11 Å². The molecule has 0 aromatic heterocycles. The first-order chi connectivity index (χ1) is 5.45. The molecule has 1 aliphatic carbocycles. The van der Waals surface area contributed by atoms with Gasteiger partial charge in [0.2, 0.25) is 0 Å². The minimum atomic E-state index is -0.143. The molecule has 1 unspecified atom stereocenters. The van der Waals surface area contributed by atoms with Gasteiger partial charge in [-0.3, -0.25) is 0 Å². The molecule has 0 saturated heterocycles. The second-order valence-corrected chi connectivity index (χ2v) is 5.12. The highest BCUT2D eigenvalue weighted by molar-refractivity contribution is 4.88. The summed E-state index contributed by atoms with van der Waals surface area (Å²) in [6, 6.07) is 0. The standard InChI is InChI=1S/C11H22O/c1-8-6-5-7-11(3,4)10(8)9(2)12/h8-10,12H,5-7H2,1-4H3/t8-,9?,10-/m1/s1. The topological polar surface area (TPSA) is 20.2 Å². The SMILES string of the molecule is CC(O)[C@H]1[C@H](C)CCCC1(C)C. The van der Waals surface area contributed by atoms with Crippen LogP contribution in [0.25, 0.3) is 0 Å². The molecule has 0 aromatic rings. The van der Waals surface area contributed by atoms with Crippen molar-refractivity contribution in [2.75, 3.05) is 0 Å². The third kappa shape index (κ3) is 1.82. The molecule has 0 amide bonds. The maximum atomic E-state index is 9.68. The van der Waals surface area contributed by atoms with E-state index >= 15 is 0 Å². The van der Waals surface area contributed by atoms with Crippen LogP contribution in [0.4, 0.5) is 0 Å². The Balaban J connectivity index is 2.74. The lowest BCUT2D eigenvalue weighted by molar-refractivity contribution is -0.0179. The van der Waals surface area contributed by atoms with Crippen molar-refractivity contribution in [1.29, 1.82) is 0 Å². The fourth-order valence-electron chi connectivity index (χ4n) is 3.12. The molecule has 1 heteroatoms. The van der Waals surface area contributed by atoms with Crippen LogP contribution in [-0.4, -0.2) is 11.2 Å². The maximum absolute atomic E-state index is 9.68. The van der Waals surface area contributed by atoms with Crippen molar-refractivity contribution in [2.24, 2.45) is 17.3 Å². The first-order valence-electron chi connectivity index (χ1n) is 5.13. The highest BCUT2D eigenvalue weighted by atomic mass is 16.3. The highest BCUT2D eigenvalue weighted by Gasteiger charge is 2.39. The minimum absolute atomic E-state index is 0.143. The van der Waals surface area contributed by atoms with E-state index in [-0.39, 0.29) is 6.10 Å². The quantitative estimate of drug-likeness (QED) is 0.641. The van der Waals surface area contributed by atoms with E-state index in [2.05, 4.69) is 20.8 Å². The van der Waals surface area contributed by atoms with Crippen molar-refractivity contribution in [3.63, 3.8) is 0 Å². The lowest BCUT2D eigenvalue weighted by atomic mass is 9.62. The Morgan fingerprint density at radius 2 is 2.00 bits per heavy atom. The van der Waals surface area contributed by atoms with E-state index in [1.807, 2.05) is 6.92 Å². The van der Waals surface area contributed by atoms with Gasteiger partial charge in [0.25, 0.3) is 0 Å². The summed E-state index contributed by atoms with van der Waals surface area (Å²) in [6.45, 7) is 8.80. The van der Waals surface area contributed by atoms with Crippen LogP contribution in [0.5, 0.6) is 0 Å². The van der Waals surface area contributed by atoms with Gasteiger partial charge in [-0.2, -0.15) is 0 Å². The largest absolute Gasteiger partial charge is 0.393 e. The van der Waals surface area contributed by atoms with Gasteiger partial charge in [-0.15, -0.1) is 0 Å². The van der Waals surface area contributed by atoms with Gasteiger partial charge in [0.1, 0.15) is 0 Å². The third-order valence-corrected chi connectivity index (χ3v) is 3.52. The summed E-state index contributed by atoms with van der Waals surface area (Å²) >= 11 is 0. The fraction of sp³-hybridized carbons (Fsp3) is 1.00. The first-order valence-corrected chi connectivity index (χ1v) is 5.13. The predicted molar refractivity (Wildman–Crippen MR) is 52.0 cm³/mol. The summed E-state index contributed by atoms with van der Waals surface area (Å²) in [7, 11) is 0. The Hall–Kier alpha value is -0.0400. The molecule has 1 N–H and O–H groups in total. The van der Waals surface area contributed by atoms with E-state index in [1.54, 1.807) is 0 Å². The Bertz CT molecular complexity index is 149. The summed E-state index contributed by atoms with van der Waals surface area (Å²) in [4.78, 5) is 0. The van der Waals surface area contributed by atoms with Crippen LogP contribution in [0.15, 0.2) is 0 Å². The van der Waals surface area contributed by atoms with Crippen molar-refractivity contribution in [3.05, 3.63) is 0 Å². The van der Waals surface area contributed by atoms with Crippen molar-refractivity contribution in [3.8, 4) is 0 Å². The number of aliphatic hydroxyl groups excluding tert-OH is 1. The number of aliphatic hydroxyl groups is 1. The molecular weight excluding hydrogens is 148 g/mol. The molecule has 72 valence electrons. The van der Waals surface area contributed by atoms with Crippen molar-refractivity contribution in [1.82, 2.24) is 0 Å². The third-order valence-electron chi connectivity index (χ3n) is 3.52. The molecule has 1 aliphatic rings. The molecule has 1 nitrogen and oxygen atoms in total. The van der Waals surface area contributed by atoms with E-state index in [0.29, 0.717) is 17.3 Å². The molecule has 3 atom stereocenters. The molecule has 0 heterocycles. The molecule has 0 spiro atoms. The van der Waals surface area contributed by atoms with Crippen LogP contribution in [0.2, 0.25) is 0 Å². The lowest BCUT2D eigenvalue weighted by Crippen LogP contribution is -2.40. The van der Waals surface area contributed by atoms with E-state index in [1.165, 1.54) is 19.3 Å². The highest BCUT2D eigenvalue weighted by Crippen LogP contribution is 2.45. The number of hydrogen-bond donors (Lipinski definition) is 1. The zero-order valence-electron chi connectivity index (χ0n) is 8.80. The van der Waals surface area contributed by atoms with Crippen LogP contribution in [0.3, 0.4) is 0 Å². The van der Waals surface area contributed by atoms with Gasteiger partial charge >= 0.3 is 0 Å². The lowest BCUT2D eigenvalue weighted by Gasteiger charge is -2.44. The molecule has 12 heavy (non-hydrogen) atoms. The Kier molecular flexibility index (Phi) is 2.82. The zero-order valence-corrected chi connectivity index (χ0v) is 8.80. The summed E-state index contributed by atoms with van der Waals surface area (Å²) in [6.07, 6.45) is 3.75. The maximum Gasteiger partial charge on any atom is 0.0547 e. The average molecular weight is 170 g/mol. The molecule has 1 rings (SSSR count). The Labute approximate surface area is 76.2 Å². The van der Waals surface area contributed by atoms with Crippen LogP contribution in [-0.2, 0) is 0 Å². The van der Waals surface area contributed by atoms with Gasteiger partial charge in [-0.25, -0.2) is 0 Å². The summed E-state index contributed by atoms with van der Waals surface area (Å²) in [5.41, 5.74) is 0.339. The van der Waals surface area contributed by atoms with Crippen LogP contribution in [0.1, 0.15) is 47.0 Å². The summed E-state index contributed by atoms with van der Waals surface area (Å²) < 4.78 is 0. The molecular formula is C11H22O. The zero-order chi connectivity index (χ0) is 9.35. The monoisotopic (exact) mass is 170 g/mol. The molecule has 0 bridgehead atoms. The second-order valence-electron chi connectivity index (χ2n) is 5.12. The van der Waals surface area contributed by atoms with Crippen molar-refractivity contribution < 1.29 is 5.11 Å². The van der Waals surface area contributed by atoms with E-state index in [4.69, 9.17) is 0 Å². The molecule has 0 radical (unpaired) electrons. The van der Waals surface area contributed by atoms with E-state index in [0.717, 1.165) is 0 Å².